The molecule has 0 aromatic carbocycles. The summed E-state index contributed by atoms with van der Waals surface area (Å²) in [6, 6.07) is -0.399. The van der Waals surface area contributed by atoms with E-state index in [0.717, 1.165) is 0 Å². The number of carboxylic acid groups (broad SMARTS) is 1. The number of carbonyl (C=O) groups excluding carboxylic acids is 1. The molecule has 1 saturated carbocycles. The maximum Gasteiger partial charge on any atom is 0.401 e. The quantitative estimate of drug-likeness (QED) is 0.854. The monoisotopic (exact) mass is 322 g/mol. The maximum atomic E-state index is 12.5. The maximum absolute atomic E-state index is 12.5. The van der Waals surface area contributed by atoms with Crippen LogP contribution in [0.25, 0.3) is 0 Å². The minimum absolute atomic E-state index is 0.150. The van der Waals surface area contributed by atoms with Crippen molar-refractivity contribution >= 4 is 11.9 Å². The number of rotatable bonds is 3. The molecule has 0 radical (unpaired) electrons. The normalized spacial score (nSPS) is 31.9. The SMILES string of the molecule is CC1CN(C(=O)[C@@H]2[C@H](C(=O)O)C2(C)C)CCN1CC(F)(F)F. The van der Waals surface area contributed by atoms with E-state index in [1.807, 2.05) is 0 Å². The number of piperazine rings is 1. The molecule has 8 heteroatoms. The van der Waals surface area contributed by atoms with Crippen LogP contribution in [0, 0.1) is 17.3 Å². The van der Waals surface area contributed by atoms with Crippen LogP contribution in [0.15, 0.2) is 0 Å². The highest BCUT2D eigenvalue weighted by Crippen LogP contribution is 2.59. The van der Waals surface area contributed by atoms with Crippen LogP contribution in [0.3, 0.4) is 0 Å². The summed E-state index contributed by atoms with van der Waals surface area (Å²) in [5, 5.41) is 9.12. The Balaban J connectivity index is 1.97. The van der Waals surface area contributed by atoms with Gasteiger partial charge in [-0.15, -0.1) is 0 Å². The summed E-state index contributed by atoms with van der Waals surface area (Å²) in [6.07, 6.45) is -4.26. The zero-order valence-corrected chi connectivity index (χ0v) is 12.9. The first-order chi connectivity index (χ1) is 9.95. The number of aliphatic carboxylic acids is 1. The smallest absolute Gasteiger partial charge is 0.401 e. The fourth-order valence-corrected chi connectivity index (χ4v) is 3.42. The predicted octanol–water partition coefficient (Wildman–Crippen LogP) is 1.44. The van der Waals surface area contributed by atoms with Gasteiger partial charge in [0.25, 0.3) is 0 Å². The van der Waals surface area contributed by atoms with Gasteiger partial charge in [-0.2, -0.15) is 13.2 Å². The first kappa shape index (κ1) is 17.1. The third-order valence-electron chi connectivity index (χ3n) is 4.82. The summed E-state index contributed by atoms with van der Waals surface area (Å²) in [5.41, 5.74) is -0.588. The second-order valence-corrected chi connectivity index (χ2v) is 6.83. The highest BCUT2D eigenvalue weighted by molar-refractivity contribution is 5.91. The van der Waals surface area contributed by atoms with Crippen molar-refractivity contribution in [2.75, 3.05) is 26.2 Å². The van der Waals surface area contributed by atoms with E-state index in [9.17, 15) is 22.8 Å². The zero-order valence-electron chi connectivity index (χ0n) is 12.9. The van der Waals surface area contributed by atoms with Gasteiger partial charge in [-0.05, 0) is 12.3 Å². The van der Waals surface area contributed by atoms with Crippen molar-refractivity contribution in [3.63, 3.8) is 0 Å². The van der Waals surface area contributed by atoms with Gasteiger partial charge in [0.1, 0.15) is 0 Å². The second kappa shape index (κ2) is 5.40. The molecule has 2 fully saturated rings. The van der Waals surface area contributed by atoms with Crippen molar-refractivity contribution in [1.29, 1.82) is 0 Å². The Kier molecular flexibility index (Phi) is 4.18. The second-order valence-electron chi connectivity index (χ2n) is 6.83. The number of carbonyl (C=O) groups is 2. The van der Waals surface area contributed by atoms with Gasteiger partial charge >= 0.3 is 12.1 Å². The Labute approximate surface area is 127 Å². The number of hydrogen-bond acceptors (Lipinski definition) is 3. The lowest BCUT2D eigenvalue weighted by molar-refractivity contribution is -0.158. The molecule has 3 atom stereocenters. The van der Waals surface area contributed by atoms with Crippen LogP contribution in [0.1, 0.15) is 20.8 Å². The minimum Gasteiger partial charge on any atom is -0.481 e. The molecule has 0 aromatic rings. The van der Waals surface area contributed by atoms with Gasteiger partial charge in [-0.1, -0.05) is 13.8 Å². The molecule has 2 rings (SSSR count). The van der Waals surface area contributed by atoms with Crippen LogP contribution >= 0.6 is 0 Å². The number of amides is 1. The Bertz CT molecular complexity index is 478. The average molecular weight is 322 g/mol. The van der Waals surface area contributed by atoms with Crippen molar-refractivity contribution in [3.8, 4) is 0 Å². The highest BCUT2D eigenvalue weighted by Gasteiger charge is 2.66. The van der Waals surface area contributed by atoms with E-state index in [4.69, 9.17) is 5.11 Å². The zero-order chi connectivity index (χ0) is 16.9. The van der Waals surface area contributed by atoms with E-state index in [1.54, 1.807) is 20.8 Å². The molecule has 1 N–H and O–H groups in total. The molecule has 5 nitrogen and oxygen atoms in total. The summed E-state index contributed by atoms with van der Waals surface area (Å²) >= 11 is 0. The average Bonchev–Trinajstić information content (AvgIpc) is 2.92. The fraction of sp³-hybridized carbons (Fsp3) is 0.857. The van der Waals surface area contributed by atoms with Crippen LogP contribution in [-0.2, 0) is 9.59 Å². The van der Waals surface area contributed by atoms with Crippen LogP contribution in [0.2, 0.25) is 0 Å². The molecular formula is C14H21F3N2O3. The van der Waals surface area contributed by atoms with Gasteiger partial charge < -0.3 is 10.0 Å². The van der Waals surface area contributed by atoms with Gasteiger partial charge in [-0.3, -0.25) is 14.5 Å². The third kappa shape index (κ3) is 3.21. The molecule has 1 amide bonds. The number of hydrogen-bond donors (Lipinski definition) is 1. The Morgan fingerprint density at radius 3 is 2.23 bits per heavy atom. The molecule has 0 aromatic heterocycles. The molecule has 126 valence electrons. The van der Waals surface area contributed by atoms with E-state index < -0.39 is 42.0 Å². The van der Waals surface area contributed by atoms with E-state index >= 15 is 0 Å². The highest BCUT2D eigenvalue weighted by atomic mass is 19.4. The topological polar surface area (TPSA) is 60.9 Å². The van der Waals surface area contributed by atoms with Crippen molar-refractivity contribution < 1.29 is 27.9 Å². The van der Waals surface area contributed by atoms with Crippen molar-refractivity contribution in [1.82, 2.24) is 9.80 Å². The lowest BCUT2D eigenvalue weighted by Crippen LogP contribution is -2.56. The third-order valence-corrected chi connectivity index (χ3v) is 4.82. The van der Waals surface area contributed by atoms with Crippen molar-refractivity contribution in [2.24, 2.45) is 17.3 Å². The Hall–Kier alpha value is -1.31. The molecule has 1 unspecified atom stereocenters. The fourth-order valence-electron chi connectivity index (χ4n) is 3.42. The summed E-state index contributed by atoms with van der Waals surface area (Å²) in [7, 11) is 0. The van der Waals surface area contributed by atoms with E-state index in [0.29, 0.717) is 0 Å². The van der Waals surface area contributed by atoms with Crippen molar-refractivity contribution in [2.45, 2.75) is 33.0 Å². The lowest BCUT2D eigenvalue weighted by Gasteiger charge is -2.40. The Morgan fingerprint density at radius 1 is 1.23 bits per heavy atom. The Morgan fingerprint density at radius 2 is 1.82 bits per heavy atom. The van der Waals surface area contributed by atoms with Crippen LogP contribution in [-0.4, -0.2) is 65.2 Å². The summed E-state index contributed by atoms with van der Waals surface area (Å²) in [6.45, 7) is 4.69. The first-order valence-electron chi connectivity index (χ1n) is 7.27. The van der Waals surface area contributed by atoms with Crippen LogP contribution in [0.4, 0.5) is 13.2 Å². The molecule has 2 aliphatic rings. The standard InChI is InChI=1S/C14H21F3N2O3/c1-8-6-18(4-5-19(8)7-14(15,16)17)11(20)9-10(12(21)22)13(9,2)3/h8-10H,4-7H2,1-3H3,(H,21,22)/t8?,9-,10+/m0/s1. The molecule has 1 heterocycles. The summed E-state index contributed by atoms with van der Waals surface area (Å²) in [5.74, 6) is -2.53. The number of nitrogens with zero attached hydrogens (tertiary/aromatic N) is 2. The lowest BCUT2D eigenvalue weighted by atomic mass is 10.1. The van der Waals surface area contributed by atoms with E-state index in [1.165, 1.54) is 9.80 Å². The molecule has 1 saturated heterocycles. The molecule has 0 bridgehead atoms. The minimum atomic E-state index is -4.26. The molecule has 22 heavy (non-hydrogen) atoms. The van der Waals surface area contributed by atoms with E-state index in [-0.39, 0.29) is 25.5 Å². The summed E-state index contributed by atoms with van der Waals surface area (Å²) in [4.78, 5) is 26.4. The van der Waals surface area contributed by atoms with Crippen molar-refractivity contribution in [3.05, 3.63) is 0 Å². The van der Waals surface area contributed by atoms with Crippen LogP contribution in [0.5, 0.6) is 0 Å². The molecule has 1 aliphatic heterocycles. The summed E-state index contributed by atoms with van der Waals surface area (Å²) < 4.78 is 37.4. The number of carboxylic acids is 1. The van der Waals surface area contributed by atoms with Gasteiger partial charge in [0.2, 0.25) is 5.91 Å². The molecular weight excluding hydrogens is 301 g/mol. The van der Waals surface area contributed by atoms with E-state index in [2.05, 4.69) is 0 Å². The molecule has 0 spiro atoms. The largest absolute Gasteiger partial charge is 0.481 e. The van der Waals surface area contributed by atoms with Crippen LogP contribution < -0.4 is 0 Å². The number of alkyl halides is 3. The van der Waals surface area contributed by atoms with Gasteiger partial charge in [-0.25, -0.2) is 0 Å². The first-order valence-corrected chi connectivity index (χ1v) is 7.27. The predicted molar refractivity (Wildman–Crippen MR) is 72.1 cm³/mol. The van der Waals surface area contributed by atoms with Gasteiger partial charge in [0.15, 0.2) is 0 Å². The van der Waals surface area contributed by atoms with Gasteiger partial charge in [0.05, 0.1) is 18.4 Å². The number of halogens is 3. The molecule has 1 aliphatic carbocycles. The van der Waals surface area contributed by atoms with Gasteiger partial charge in [0, 0.05) is 25.7 Å².